The number of aliphatic hydroxyl groups excluding tert-OH is 4. The van der Waals surface area contributed by atoms with E-state index in [4.69, 9.17) is 9.47 Å². The number of esters is 1. The molecule has 5 atom stereocenters. The maximum absolute atomic E-state index is 11.8. The monoisotopic (exact) mass is 342 g/mol. The van der Waals surface area contributed by atoms with Gasteiger partial charge in [0.25, 0.3) is 0 Å². The predicted octanol–water partition coefficient (Wildman–Crippen LogP) is -1.55. The smallest absolute Gasteiger partial charge is 0.331 e. The Balaban J connectivity index is 2.04. The maximum atomic E-state index is 11.8. The third kappa shape index (κ3) is 4.02. The summed E-state index contributed by atoms with van der Waals surface area (Å²) in [6.45, 7) is -0.645. The Morgan fingerprint density at radius 2 is 1.88 bits per heavy atom. The number of aromatic hydroxyl groups is 2. The molecule has 0 saturated carbocycles. The molecule has 9 heteroatoms. The van der Waals surface area contributed by atoms with Gasteiger partial charge in [-0.25, -0.2) is 4.79 Å². The molecule has 0 unspecified atom stereocenters. The van der Waals surface area contributed by atoms with Gasteiger partial charge in [-0.3, -0.25) is 0 Å². The van der Waals surface area contributed by atoms with Crippen molar-refractivity contribution in [2.24, 2.45) is 0 Å². The molecular formula is C15H18O9. The van der Waals surface area contributed by atoms with E-state index >= 15 is 0 Å². The summed E-state index contributed by atoms with van der Waals surface area (Å²) in [6.07, 6.45) is -5.33. The van der Waals surface area contributed by atoms with E-state index in [0.29, 0.717) is 5.56 Å². The van der Waals surface area contributed by atoms with E-state index in [0.717, 1.165) is 6.08 Å². The van der Waals surface area contributed by atoms with Crippen LogP contribution in [0.3, 0.4) is 0 Å². The van der Waals surface area contributed by atoms with Crippen LogP contribution in [0.25, 0.3) is 6.08 Å². The Morgan fingerprint density at radius 1 is 1.17 bits per heavy atom. The third-order valence-electron chi connectivity index (χ3n) is 3.50. The number of hydrogen-bond acceptors (Lipinski definition) is 9. The predicted molar refractivity (Wildman–Crippen MR) is 78.7 cm³/mol. The molecule has 1 aliphatic heterocycles. The van der Waals surface area contributed by atoms with Crippen LogP contribution in [0.2, 0.25) is 0 Å². The minimum absolute atomic E-state index is 0.310. The number of hydrogen-bond donors (Lipinski definition) is 6. The number of rotatable bonds is 4. The lowest BCUT2D eigenvalue weighted by molar-refractivity contribution is -0.289. The van der Waals surface area contributed by atoms with E-state index in [-0.39, 0.29) is 11.5 Å². The first-order chi connectivity index (χ1) is 11.3. The third-order valence-corrected chi connectivity index (χ3v) is 3.50. The topological polar surface area (TPSA) is 157 Å². The molecule has 1 heterocycles. The largest absolute Gasteiger partial charge is 0.504 e. The van der Waals surface area contributed by atoms with E-state index in [1.807, 2.05) is 0 Å². The molecule has 24 heavy (non-hydrogen) atoms. The van der Waals surface area contributed by atoms with Crippen molar-refractivity contribution < 1.29 is 44.9 Å². The van der Waals surface area contributed by atoms with E-state index in [1.165, 1.54) is 24.3 Å². The molecule has 0 radical (unpaired) electrons. The van der Waals surface area contributed by atoms with Gasteiger partial charge in [-0.05, 0) is 23.8 Å². The van der Waals surface area contributed by atoms with E-state index in [2.05, 4.69) is 0 Å². The summed E-state index contributed by atoms with van der Waals surface area (Å²) >= 11 is 0. The van der Waals surface area contributed by atoms with Crippen molar-refractivity contribution in [3.63, 3.8) is 0 Å². The quantitative estimate of drug-likeness (QED) is 0.217. The van der Waals surface area contributed by atoms with Crippen LogP contribution in [0.15, 0.2) is 24.3 Å². The molecule has 1 aromatic carbocycles. The summed E-state index contributed by atoms with van der Waals surface area (Å²) in [4.78, 5) is 11.8. The molecule has 0 aromatic heterocycles. The first-order valence-electron chi connectivity index (χ1n) is 7.04. The van der Waals surface area contributed by atoms with E-state index in [9.17, 15) is 35.4 Å². The van der Waals surface area contributed by atoms with Gasteiger partial charge in [-0.2, -0.15) is 0 Å². The van der Waals surface area contributed by atoms with Crippen LogP contribution in [-0.4, -0.2) is 73.9 Å². The molecule has 0 amide bonds. The van der Waals surface area contributed by atoms with E-state index < -0.39 is 43.3 Å². The highest BCUT2D eigenvalue weighted by Gasteiger charge is 2.45. The standard InChI is InChI=1S/C15H18O9/c16-6-10-14(12(20)13(21)15(22)23-10)24-11(19)4-2-7-1-3-8(17)9(18)5-7/h1-5,10,12-18,20-22H,6H2/t10-,12-,13-,14-,15-/m1/s1. The van der Waals surface area contributed by atoms with Crippen LogP contribution in [-0.2, 0) is 14.3 Å². The van der Waals surface area contributed by atoms with E-state index in [1.54, 1.807) is 0 Å². The number of phenols is 2. The molecule has 132 valence electrons. The number of phenolic OH excluding ortho intramolecular Hbond substituents is 2. The Morgan fingerprint density at radius 3 is 2.50 bits per heavy atom. The molecule has 1 aromatic rings. The minimum Gasteiger partial charge on any atom is -0.504 e. The van der Waals surface area contributed by atoms with Crippen LogP contribution in [0, 0.1) is 0 Å². The molecule has 1 saturated heterocycles. The molecule has 6 N–H and O–H groups in total. The van der Waals surface area contributed by atoms with Gasteiger partial charge in [-0.15, -0.1) is 0 Å². The van der Waals surface area contributed by atoms with Gasteiger partial charge in [0.05, 0.1) is 6.61 Å². The average Bonchev–Trinajstić information content (AvgIpc) is 2.56. The molecule has 0 spiro atoms. The van der Waals surface area contributed by atoms with Crippen LogP contribution >= 0.6 is 0 Å². The second kappa shape index (κ2) is 7.60. The van der Waals surface area contributed by atoms with Crippen molar-refractivity contribution in [2.45, 2.75) is 30.7 Å². The van der Waals surface area contributed by atoms with Crippen LogP contribution in [0.5, 0.6) is 11.5 Å². The lowest BCUT2D eigenvalue weighted by Gasteiger charge is -2.39. The van der Waals surface area contributed by atoms with Gasteiger partial charge in [0.2, 0.25) is 0 Å². The Labute approximate surface area is 136 Å². The molecule has 2 rings (SSSR count). The van der Waals surface area contributed by atoms with Crippen LogP contribution in [0.4, 0.5) is 0 Å². The zero-order valence-electron chi connectivity index (χ0n) is 12.4. The number of aliphatic hydroxyl groups is 4. The first kappa shape index (κ1) is 18.2. The summed E-state index contributed by atoms with van der Waals surface area (Å²) in [5, 5.41) is 56.5. The van der Waals surface area contributed by atoms with Crippen molar-refractivity contribution >= 4 is 12.0 Å². The van der Waals surface area contributed by atoms with Gasteiger partial charge in [0.15, 0.2) is 23.9 Å². The highest BCUT2D eigenvalue weighted by molar-refractivity contribution is 5.87. The normalized spacial score (nSPS) is 30.4. The second-order valence-corrected chi connectivity index (χ2v) is 5.21. The number of carbonyl (C=O) groups excluding carboxylic acids is 1. The highest BCUT2D eigenvalue weighted by Crippen LogP contribution is 2.26. The fraction of sp³-hybridized carbons (Fsp3) is 0.400. The molecule has 9 nitrogen and oxygen atoms in total. The zero-order chi connectivity index (χ0) is 17.9. The molecule has 1 fully saturated rings. The van der Waals surface area contributed by atoms with Gasteiger partial charge < -0.3 is 40.1 Å². The second-order valence-electron chi connectivity index (χ2n) is 5.21. The van der Waals surface area contributed by atoms with Gasteiger partial charge >= 0.3 is 5.97 Å². The lowest BCUT2D eigenvalue weighted by Crippen LogP contribution is -2.59. The summed E-state index contributed by atoms with van der Waals surface area (Å²) in [7, 11) is 0. The Kier molecular flexibility index (Phi) is 5.75. The Hall–Kier alpha value is -2.17. The van der Waals surface area contributed by atoms with Crippen molar-refractivity contribution in [3.05, 3.63) is 29.8 Å². The fourth-order valence-electron chi connectivity index (χ4n) is 2.19. The van der Waals surface area contributed by atoms with Crippen LogP contribution in [0.1, 0.15) is 5.56 Å². The number of ether oxygens (including phenoxy) is 2. The van der Waals surface area contributed by atoms with Gasteiger partial charge in [-0.1, -0.05) is 6.07 Å². The molecular weight excluding hydrogens is 324 g/mol. The van der Waals surface area contributed by atoms with Crippen molar-refractivity contribution in [1.82, 2.24) is 0 Å². The SMILES string of the molecule is O=C(C=Cc1ccc(O)c(O)c1)O[C@H]1[C@H](O)[C@@H](O)[C@H](O)O[C@@H]1CO. The van der Waals surface area contributed by atoms with Crippen molar-refractivity contribution in [3.8, 4) is 11.5 Å². The minimum atomic E-state index is -1.71. The fourth-order valence-corrected chi connectivity index (χ4v) is 2.19. The number of benzene rings is 1. The Bertz CT molecular complexity index is 613. The lowest BCUT2D eigenvalue weighted by atomic mass is 9.99. The molecule has 0 bridgehead atoms. The highest BCUT2D eigenvalue weighted by atomic mass is 16.7. The maximum Gasteiger partial charge on any atom is 0.331 e. The summed E-state index contributed by atoms with van der Waals surface area (Å²) in [5.41, 5.74) is 0.400. The molecule has 0 aliphatic carbocycles. The average molecular weight is 342 g/mol. The first-order valence-corrected chi connectivity index (χ1v) is 7.04. The van der Waals surface area contributed by atoms with Crippen molar-refractivity contribution in [2.75, 3.05) is 6.61 Å². The summed E-state index contributed by atoms with van der Waals surface area (Å²) < 4.78 is 9.81. The number of carbonyl (C=O) groups is 1. The zero-order valence-corrected chi connectivity index (χ0v) is 12.4. The molecule has 1 aliphatic rings. The summed E-state index contributed by atoms with van der Waals surface area (Å²) in [5.74, 6) is -1.58. The van der Waals surface area contributed by atoms with Gasteiger partial charge in [0, 0.05) is 6.08 Å². The summed E-state index contributed by atoms with van der Waals surface area (Å²) in [6, 6.07) is 3.89. The van der Waals surface area contributed by atoms with Gasteiger partial charge in [0.1, 0.15) is 18.3 Å². The van der Waals surface area contributed by atoms with Crippen molar-refractivity contribution in [1.29, 1.82) is 0 Å². The van der Waals surface area contributed by atoms with Crippen LogP contribution < -0.4 is 0 Å².